The highest BCUT2D eigenvalue weighted by Gasteiger charge is 2.54. The van der Waals surface area contributed by atoms with Gasteiger partial charge in [0, 0.05) is 44.1 Å². The molecule has 3 heterocycles. The van der Waals surface area contributed by atoms with E-state index in [4.69, 9.17) is 4.74 Å². The van der Waals surface area contributed by atoms with E-state index in [0.29, 0.717) is 37.9 Å². The summed E-state index contributed by atoms with van der Waals surface area (Å²) in [6.07, 6.45) is 3.07. The maximum atomic E-state index is 13.8. The minimum Gasteiger partial charge on any atom is -0.353 e. The number of nitrogens with one attached hydrogen (secondary N) is 1. The predicted octanol–water partition coefficient (Wildman–Crippen LogP) is 3.30. The highest BCUT2D eigenvalue weighted by atomic mass is 16.5. The molecule has 0 bridgehead atoms. The monoisotopic (exact) mass is 492 g/mol. The third-order valence-corrected chi connectivity index (χ3v) is 6.83. The van der Waals surface area contributed by atoms with Crippen LogP contribution in [0.2, 0.25) is 0 Å². The molecular formula is C28H36N4O4. The first kappa shape index (κ1) is 25.8. The average Bonchev–Trinajstić information content (AvgIpc) is 3.21. The van der Waals surface area contributed by atoms with Crippen LogP contribution in [0.3, 0.4) is 0 Å². The Labute approximate surface area is 213 Å². The van der Waals surface area contributed by atoms with Crippen molar-refractivity contribution in [2.45, 2.75) is 65.3 Å². The van der Waals surface area contributed by atoms with Crippen LogP contribution >= 0.6 is 0 Å². The minimum atomic E-state index is -0.923. The van der Waals surface area contributed by atoms with Gasteiger partial charge in [-0.1, -0.05) is 44.5 Å². The Hall–Kier alpha value is -3.26. The van der Waals surface area contributed by atoms with Crippen LogP contribution in [0, 0.1) is 12.3 Å². The van der Waals surface area contributed by atoms with Crippen LogP contribution in [0.15, 0.2) is 48.7 Å². The zero-order valence-corrected chi connectivity index (χ0v) is 21.6. The molecule has 2 fully saturated rings. The van der Waals surface area contributed by atoms with E-state index >= 15 is 0 Å². The van der Waals surface area contributed by atoms with E-state index in [9.17, 15) is 14.4 Å². The molecular weight excluding hydrogens is 456 g/mol. The van der Waals surface area contributed by atoms with Gasteiger partial charge in [0.2, 0.25) is 11.8 Å². The Kier molecular flexibility index (Phi) is 7.45. The molecule has 1 aromatic carbocycles. The number of hydrogen-bond acceptors (Lipinski definition) is 5. The summed E-state index contributed by atoms with van der Waals surface area (Å²) in [5.41, 5.74) is 1.28. The zero-order valence-electron chi connectivity index (χ0n) is 21.6. The Bertz CT molecular complexity index is 1090. The molecule has 1 spiro atoms. The van der Waals surface area contributed by atoms with Gasteiger partial charge in [0.25, 0.3) is 5.91 Å². The summed E-state index contributed by atoms with van der Waals surface area (Å²) in [7, 11) is 0. The van der Waals surface area contributed by atoms with Gasteiger partial charge < -0.3 is 15.0 Å². The van der Waals surface area contributed by atoms with Crippen LogP contribution in [-0.2, 0) is 20.9 Å². The molecule has 2 aliphatic rings. The molecule has 2 saturated heterocycles. The van der Waals surface area contributed by atoms with Crippen molar-refractivity contribution in [3.8, 4) is 0 Å². The highest BCUT2D eigenvalue weighted by Crippen LogP contribution is 2.39. The largest absolute Gasteiger partial charge is 0.353 e. The van der Waals surface area contributed by atoms with Gasteiger partial charge in [-0.25, -0.2) is 0 Å². The van der Waals surface area contributed by atoms with Crippen molar-refractivity contribution < 1.29 is 19.1 Å². The van der Waals surface area contributed by atoms with Crippen molar-refractivity contribution in [2.24, 2.45) is 5.41 Å². The number of aromatic nitrogens is 1. The number of rotatable bonds is 5. The lowest BCUT2D eigenvalue weighted by Gasteiger charge is -2.44. The summed E-state index contributed by atoms with van der Waals surface area (Å²) in [4.78, 5) is 47.6. The standard InChI is InChI=1S/C28H36N4O4/c1-20-8-10-21(11-9-20)26(35)32-23(25(34)30-18-22-7-5-6-14-29-22)19-36-28(32)12-15-31(16-13-28)24(33)17-27(2,3)4/h5-11,14,23H,12-13,15-19H2,1-4H3,(H,30,34)/t23-/m0/s1. The van der Waals surface area contributed by atoms with Gasteiger partial charge in [-0.3, -0.25) is 24.3 Å². The van der Waals surface area contributed by atoms with Crippen LogP contribution in [0.25, 0.3) is 0 Å². The number of pyridine rings is 1. The van der Waals surface area contributed by atoms with Crippen molar-refractivity contribution in [3.05, 3.63) is 65.5 Å². The van der Waals surface area contributed by atoms with Crippen LogP contribution in [-0.4, -0.2) is 64.0 Å². The number of carbonyl (C=O) groups excluding carboxylic acids is 3. The number of carbonyl (C=O) groups is 3. The summed E-state index contributed by atoms with van der Waals surface area (Å²) in [5, 5.41) is 2.92. The molecule has 2 aromatic rings. The van der Waals surface area contributed by atoms with Crippen molar-refractivity contribution >= 4 is 17.7 Å². The molecule has 36 heavy (non-hydrogen) atoms. The molecule has 0 aliphatic carbocycles. The van der Waals surface area contributed by atoms with E-state index in [1.54, 1.807) is 23.2 Å². The summed E-state index contributed by atoms with van der Waals surface area (Å²) in [6.45, 7) is 9.45. The van der Waals surface area contributed by atoms with Crippen LogP contribution < -0.4 is 5.32 Å². The molecule has 2 aliphatic heterocycles. The fraction of sp³-hybridized carbons (Fsp3) is 0.500. The molecule has 0 radical (unpaired) electrons. The zero-order chi connectivity index (χ0) is 25.9. The summed E-state index contributed by atoms with van der Waals surface area (Å²) in [6, 6.07) is 12.1. The van der Waals surface area contributed by atoms with Gasteiger partial charge in [0.1, 0.15) is 11.8 Å². The second-order valence-corrected chi connectivity index (χ2v) is 11.0. The van der Waals surface area contributed by atoms with E-state index in [-0.39, 0.29) is 36.3 Å². The van der Waals surface area contributed by atoms with Gasteiger partial charge in [-0.2, -0.15) is 0 Å². The minimum absolute atomic E-state index is 0.0969. The van der Waals surface area contributed by atoms with Crippen molar-refractivity contribution in [2.75, 3.05) is 19.7 Å². The molecule has 8 heteroatoms. The lowest BCUT2D eigenvalue weighted by molar-refractivity contribution is -0.145. The normalized spacial score (nSPS) is 19.4. The lowest BCUT2D eigenvalue weighted by Crippen LogP contribution is -2.59. The Morgan fingerprint density at radius 2 is 1.78 bits per heavy atom. The molecule has 1 N–H and O–H groups in total. The number of benzene rings is 1. The second kappa shape index (κ2) is 10.4. The van der Waals surface area contributed by atoms with E-state index < -0.39 is 11.8 Å². The van der Waals surface area contributed by atoms with Crippen molar-refractivity contribution in [1.29, 1.82) is 0 Å². The number of nitrogens with zero attached hydrogens (tertiary/aromatic N) is 3. The number of ether oxygens (including phenoxy) is 1. The Balaban J connectivity index is 1.54. The molecule has 0 unspecified atom stereocenters. The maximum Gasteiger partial charge on any atom is 0.256 e. The average molecular weight is 493 g/mol. The van der Waals surface area contributed by atoms with E-state index in [2.05, 4.69) is 10.3 Å². The van der Waals surface area contributed by atoms with E-state index in [0.717, 1.165) is 11.3 Å². The number of piperidine rings is 1. The molecule has 1 aromatic heterocycles. The lowest BCUT2D eigenvalue weighted by atomic mass is 9.90. The molecule has 192 valence electrons. The highest BCUT2D eigenvalue weighted by molar-refractivity contribution is 5.98. The van der Waals surface area contributed by atoms with Gasteiger partial charge >= 0.3 is 0 Å². The van der Waals surface area contributed by atoms with Gasteiger partial charge in [-0.05, 0) is 36.6 Å². The number of likely N-dealkylation sites (tertiary alicyclic amines) is 1. The van der Waals surface area contributed by atoms with E-state index in [1.165, 1.54) is 0 Å². The fourth-order valence-electron chi connectivity index (χ4n) is 4.87. The summed E-state index contributed by atoms with van der Waals surface area (Å²) < 4.78 is 6.27. The smallest absolute Gasteiger partial charge is 0.256 e. The number of hydrogen-bond donors (Lipinski definition) is 1. The number of amides is 3. The summed E-state index contributed by atoms with van der Waals surface area (Å²) in [5.74, 6) is -0.402. The van der Waals surface area contributed by atoms with Crippen LogP contribution in [0.5, 0.6) is 0 Å². The Morgan fingerprint density at radius 3 is 2.39 bits per heavy atom. The quantitative estimate of drug-likeness (QED) is 0.692. The molecule has 0 saturated carbocycles. The molecule has 3 amide bonds. The fourth-order valence-corrected chi connectivity index (χ4v) is 4.87. The van der Waals surface area contributed by atoms with Crippen LogP contribution in [0.1, 0.15) is 61.6 Å². The van der Waals surface area contributed by atoms with Crippen molar-refractivity contribution in [3.63, 3.8) is 0 Å². The molecule has 8 nitrogen and oxygen atoms in total. The van der Waals surface area contributed by atoms with Gasteiger partial charge in [-0.15, -0.1) is 0 Å². The first-order chi connectivity index (χ1) is 17.1. The first-order valence-electron chi connectivity index (χ1n) is 12.6. The molecule has 4 rings (SSSR count). The van der Waals surface area contributed by atoms with E-state index in [1.807, 2.05) is 62.9 Å². The molecule has 1 atom stereocenters. The maximum absolute atomic E-state index is 13.8. The first-order valence-corrected chi connectivity index (χ1v) is 12.6. The van der Waals surface area contributed by atoms with Gasteiger partial charge in [0.05, 0.1) is 18.8 Å². The van der Waals surface area contributed by atoms with Crippen molar-refractivity contribution in [1.82, 2.24) is 20.1 Å². The third kappa shape index (κ3) is 5.75. The predicted molar refractivity (Wildman–Crippen MR) is 136 cm³/mol. The Morgan fingerprint density at radius 1 is 1.08 bits per heavy atom. The number of aryl methyl sites for hydroxylation is 1. The summed E-state index contributed by atoms with van der Waals surface area (Å²) >= 11 is 0. The topological polar surface area (TPSA) is 91.8 Å². The second-order valence-electron chi connectivity index (χ2n) is 11.0. The third-order valence-electron chi connectivity index (χ3n) is 6.83. The SMILES string of the molecule is Cc1ccc(C(=O)N2[C@H](C(=O)NCc3ccccn3)COC23CCN(C(=O)CC(C)(C)C)CC3)cc1. The van der Waals surface area contributed by atoms with Crippen LogP contribution in [0.4, 0.5) is 0 Å². The van der Waals surface area contributed by atoms with Gasteiger partial charge in [0.15, 0.2) is 0 Å².